The maximum Gasteiger partial charge on any atom is 0.302 e. The van der Waals surface area contributed by atoms with Crippen LogP contribution >= 0.6 is 0 Å². The zero-order valence-electron chi connectivity index (χ0n) is 9.58. The Balaban J connectivity index is 0. The van der Waals surface area contributed by atoms with Crippen molar-refractivity contribution in [2.24, 2.45) is 0 Å². The molecule has 84 valence electrons. The van der Waals surface area contributed by atoms with Gasteiger partial charge in [0, 0.05) is 21.0 Å². The monoisotopic (exact) mass is 203 g/mol. The zero-order chi connectivity index (χ0) is 11.4. The van der Waals surface area contributed by atoms with Gasteiger partial charge in [-0.3, -0.25) is 9.59 Å². The number of carbonyl (C=O) groups excluding carboxylic acids is 2. The van der Waals surface area contributed by atoms with Crippen molar-refractivity contribution in [3.63, 3.8) is 0 Å². The summed E-state index contributed by atoms with van der Waals surface area (Å²) in [5.41, 5.74) is 0. The minimum atomic E-state index is -0.175. The van der Waals surface area contributed by atoms with Gasteiger partial charge in [0.25, 0.3) is 0 Å². The Bertz CT molecular complexity index is 146. The third-order valence-corrected chi connectivity index (χ3v) is 1.26. The smallest absolute Gasteiger partial charge is 0.302 e. The highest BCUT2D eigenvalue weighted by Crippen LogP contribution is 1.93. The average Bonchev–Trinajstić information content (AvgIpc) is 2.13. The van der Waals surface area contributed by atoms with Crippen molar-refractivity contribution in [3.8, 4) is 0 Å². The van der Waals surface area contributed by atoms with E-state index in [0.717, 1.165) is 19.3 Å². The van der Waals surface area contributed by atoms with Crippen molar-refractivity contribution < 1.29 is 14.3 Å². The van der Waals surface area contributed by atoms with Crippen molar-refractivity contribution in [1.29, 1.82) is 0 Å². The van der Waals surface area contributed by atoms with E-state index in [1.807, 2.05) is 0 Å². The van der Waals surface area contributed by atoms with Crippen LogP contribution in [0.25, 0.3) is 0 Å². The number of hydrogen-bond acceptors (Lipinski definition) is 3. The third kappa shape index (κ3) is 22.4. The summed E-state index contributed by atoms with van der Waals surface area (Å²) in [4.78, 5) is 21.1. The molecule has 0 N–H and O–H groups in total. The number of carbonyl (C=O) groups is 2. The van der Waals surface area contributed by atoms with Crippen LogP contribution < -0.4 is 0 Å². The Morgan fingerprint density at radius 3 is 2.14 bits per heavy atom. The largest absolute Gasteiger partial charge is 0.466 e. The molecule has 0 fully saturated rings. The van der Waals surface area contributed by atoms with Crippen LogP contribution in [0.1, 0.15) is 33.1 Å². The second-order valence-corrected chi connectivity index (χ2v) is 3.12. The number of ether oxygens (including phenoxy) is 1. The molecule has 0 saturated heterocycles. The quantitative estimate of drug-likeness (QED) is 0.386. The molecule has 0 aliphatic carbocycles. The lowest BCUT2D eigenvalue weighted by Gasteiger charge is -1.98. The molecule has 14 heavy (non-hydrogen) atoms. The van der Waals surface area contributed by atoms with Gasteiger partial charge >= 0.3 is 5.97 Å². The van der Waals surface area contributed by atoms with Gasteiger partial charge in [0.15, 0.2) is 0 Å². The predicted octanol–water partition coefficient (Wildman–Crippen LogP) is 1.44. The first-order valence-electron chi connectivity index (χ1n) is 4.79. The molecule has 0 unspecified atom stereocenters. The van der Waals surface area contributed by atoms with Gasteiger partial charge in [0.2, 0.25) is 6.41 Å². The van der Waals surface area contributed by atoms with E-state index in [1.54, 1.807) is 14.1 Å². The number of unbranched alkanes of at least 4 members (excludes halogenated alkanes) is 2. The second-order valence-electron chi connectivity index (χ2n) is 3.12. The molecule has 1 amide bonds. The topological polar surface area (TPSA) is 46.6 Å². The Hall–Kier alpha value is -1.06. The summed E-state index contributed by atoms with van der Waals surface area (Å²) in [6, 6.07) is 0. The minimum Gasteiger partial charge on any atom is -0.466 e. The van der Waals surface area contributed by atoms with Crippen LogP contribution in [0.5, 0.6) is 0 Å². The number of rotatable bonds is 5. The molecule has 0 atom stereocenters. The van der Waals surface area contributed by atoms with Crippen LogP contribution in [-0.2, 0) is 14.3 Å². The van der Waals surface area contributed by atoms with Crippen molar-refractivity contribution in [2.45, 2.75) is 33.1 Å². The van der Waals surface area contributed by atoms with Crippen molar-refractivity contribution in [2.75, 3.05) is 20.7 Å². The maximum absolute atomic E-state index is 10.2. The normalized spacial score (nSPS) is 8.29. The minimum absolute atomic E-state index is 0.175. The molecule has 4 heteroatoms. The number of hydrogen-bond donors (Lipinski definition) is 0. The molecule has 0 aromatic rings. The molecular formula is C10H21NO3. The Labute approximate surface area is 86.2 Å². The molecular weight excluding hydrogens is 182 g/mol. The summed E-state index contributed by atoms with van der Waals surface area (Å²) in [7, 11) is 3.38. The number of nitrogens with zero attached hydrogens (tertiary/aromatic N) is 1. The van der Waals surface area contributed by atoms with Gasteiger partial charge in [-0.2, -0.15) is 0 Å². The SMILES string of the molecule is CCCCCOC(C)=O.CN(C)C=O. The summed E-state index contributed by atoms with van der Waals surface area (Å²) >= 11 is 0. The first-order chi connectivity index (χ1) is 6.54. The van der Waals surface area contributed by atoms with Crippen LogP contribution in [0.15, 0.2) is 0 Å². The lowest BCUT2D eigenvalue weighted by molar-refractivity contribution is -0.141. The van der Waals surface area contributed by atoms with Gasteiger partial charge in [0.1, 0.15) is 0 Å². The molecule has 0 saturated carbocycles. The summed E-state index contributed by atoms with van der Waals surface area (Å²) in [5.74, 6) is -0.175. The fourth-order valence-corrected chi connectivity index (χ4v) is 0.568. The van der Waals surface area contributed by atoms with E-state index in [2.05, 4.69) is 6.92 Å². The molecule has 0 radical (unpaired) electrons. The van der Waals surface area contributed by atoms with E-state index in [0.29, 0.717) is 6.61 Å². The van der Waals surface area contributed by atoms with Gasteiger partial charge < -0.3 is 9.64 Å². The molecule has 0 aliphatic heterocycles. The Morgan fingerprint density at radius 1 is 1.36 bits per heavy atom. The van der Waals surface area contributed by atoms with Crippen molar-refractivity contribution >= 4 is 12.4 Å². The molecule has 4 nitrogen and oxygen atoms in total. The molecule has 0 aromatic carbocycles. The fraction of sp³-hybridized carbons (Fsp3) is 0.800. The summed E-state index contributed by atoms with van der Waals surface area (Å²) in [6.07, 6.45) is 4.06. The van der Waals surface area contributed by atoms with Crippen LogP contribution in [0.3, 0.4) is 0 Å². The fourth-order valence-electron chi connectivity index (χ4n) is 0.568. The van der Waals surface area contributed by atoms with Crippen molar-refractivity contribution in [3.05, 3.63) is 0 Å². The first kappa shape index (κ1) is 15.4. The van der Waals surface area contributed by atoms with E-state index in [-0.39, 0.29) is 5.97 Å². The molecule has 0 bridgehead atoms. The predicted molar refractivity (Wildman–Crippen MR) is 55.9 cm³/mol. The van der Waals surface area contributed by atoms with Crippen molar-refractivity contribution in [1.82, 2.24) is 4.90 Å². The second kappa shape index (κ2) is 11.9. The number of esters is 1. The van der Waals surface area contributed by atoms with Gasteiger partial charge in [-0.15, -0.1) is 0 Å². The molecule has 0 aromatic heterocycles. The summed E-state index contributed by atoms with van der Waals surface area (Å²) in [5, 5.41) is 0. The standard InChI is InChI=1S/C7H14O2.C3H7NO/c1-3-4-5-6-9-7(2)8;1-4(2)3-5/h3-6H2,1-2H3;3H,1-2H3. The lowest BCUT2D eigenvalue weighted by atomic mass is 10.3. The van der Waals surface area contributed by atoms with Crippen LogP contribution in [0.2, 0.25) is 0 Å². The lowest BCUT2D eigenvalue weighted by Crippen LogP contribution is -2.06. The van der Waals surface area contributed by atoms with E-state index in [4.69, 9.17) is 4.74 Å². The third-order valence-electron chi connectivity index (χ3n) is 1.26. The highest BCUT2D eigenvalue weighted by molar-refractivity contribution is 5.65. The Kier molecular flexibility index (Phi) is 13.1. The van der Waals surface area contributed by atoms with Gasteiger partial charge in [-0.25, -0.2) is 0 Å². The van der Waals surface area contributed by atoms with E-state index >= 15 is 0 Å². The highest BCUT2D eigenvalue weighted by atomic mass is 16.5. The van der Waals surface area contributed by atoms with Gasteiger partial charge in [-0.05, 0) is 6.42 Å². The highest BCUT2D eigenvalue weighted by Gasteiger charge is 1.89. The van der Waals surface area contributed by atoms with E-state index < -0.39 is 0 Å². The van der Waals surface area contributed by atoms with Crippen LogP contribution in [-0.4, -0.2) is 38.0 Å². The average molecular weight is 203 g/mol. The summed E-state index contributed by atoms with van der Waals surface area (Å²) in [6.45, 7) is 4.14. The van der Waals surface area contributed by atoms with Crippen LogP contribution in [0.4, 0.5) is 0 Å². The zero-order valence-corrected chi connectivity index (χ0v) is 9.58. The van der Waals surface area contributed by atoms with E-state index in [1.165, 1.54) is 18.2 Å². The van der Waals surface area contributed by atoms with Gasteiger partial charge in [-0.1, -0.05) is 19.8 Å². The molecule has 0 rings (SSSR count). The molecule has 0 aliphatic rings. The number of amides is 1. The van der Waals surface area contributed by atoms with Gasteiger partial charge in [0.05, 0.1) is 6.61 Å². The van der Waals surface area contributed by atoms with Crippen LogP contribution in [0, 0.1) is 0 Å². The molecule has 0 heterocycles. The van der Waals surface area contributed by atoms with E-state index in [9.17, 15) is 9.59 Å². The first-order valence-corrected chi connectivity index (χ1v) is 4.79. The Morgan fingerprint density at radius 2 is 1.86 bits per heavy atom. The maximum atomic E-state index is 10.2. The molecule has 0 spiro atoms. The summed E-state index contributed by atoms with van der Waals surface area (Å²) < 4.78 is 4.70.